The lowest BCUT2D eigenvalue weighted by Crippen LogP contribution is -2.53. The van der Waals surface area contributed by atoms with Crippen molar-refractivity contribution < 1.29 is 23.5 Å². The van der Waals surface area contributed by atoms with Crippen molar-refractivity contribution >= 4 is 23.9 Å². The number of amides is 4. The lowest BCUT2D eigenvalue weighted by atomic mass is 10.1. The number of nitrogens with one attached hydrogen (secondary N) is 1. The van der Waals surface area contributed by atoms with Crippen LogP contribution in [0.2, 0.25) is 0 Å². The van der Waals surface area contributed by atoms with Crippen molar-refractivity contribution in [3.05, 3.63) is 71.0 Å². The second-order valence-electron chi connectivity index (χ2n) is 5.61. The number of hydrogen-bond donors (Lipinski definition) is 1. The molecule has 132 valence electrons. The van der Waals surface area contributed by atoms with Gasteiger partial charge in [0.2, 0.25) is 0 Å². The number of imide groups is 2. The number of methoxy groups -OCH3 is 1. The van der Waals surface area contributed by atoms with Crippen LogP contribution in [0.3, 0.4) is 0 Å². The minimum absolute atomic E-state index is 0.0757. The van der Waals surface area contributed by atoms with Gasteiger partial charge in [0.05, 0.1) is 13.7 Å². The fourth-order valence-corrected chi connectivity index (χ4v) is 2.51. The number of nitrogens with zero attached hydrogens (tertiary/aromatic N) is 1. The molecule has 0 aromatic heterocycles. The maximum absolute atomic E-state index is 13.0. The topological polar surface area (TPSA) is 75.7 Å². The lowest BCUT2D eigenvalue weighted by molar-refractivity contribution is -0.130. The summed E-state index contributed by atoms with van der Waals surface area (Å²) in [6.07, 6.45) is 1.39. The third-order valence-electron chi connectivity index (χ3n) is 3.84. The van der Waals surface area contributed by atoms with Crippen molar-refractivity contribution in [3.63, 3.8) is 0 Å². The smallest absolute Gasteiger partial charge is 0.331 e. The Kier molecular flexibility index (Phi) is 4.79. The molecule has 3 rings (SSSR count). The van der Waals surface area contributed by atoms with Crippen LogP contribution in [-0.2, 0) is 16.1 Å². The second-order valence-corrected chi connectivity index (χ2v) is 5.61. The average molecular weight is 354 g/mol. The molecule has 1 aliphatic rings. The molecular formula is C19H15FN2O4. The van der Waals surface area contributed by atoms with E-state index in [1.165, 1.54) is 37.5 Å². The third kappa shape index (κ3) is 3.61. The number of rotatable bonds is 4. The highest BCUT2D eigenvalue weighted by Crippen LogP contribution is 2.19. The van der Waals surface area contributed by atoms with Crippen LogP contribution < -0.4 is 10.1 Å². The molecule has 2 aromatic carbocycles. The molecule has 1 heterocycles. The lowest BCUT2D eigenvalue weighted by Gasteiger charge is -2.26. The van der Waals surface area contributed by atoms with Gasteiger partial charge in [0.1, 0.15) is 17.1 Å². The number of urea groups is 1. The fourth-order valence-electron chi connectivity index (χ4n) is 2.51. The minimum atomic E-state index is -0.813. The standard InChI is InChI=1S/C19H15FN2O4/c1-26-15-4-2-3-13(9-15)10-16-17(23)21-19(25)22(18(16)24)11-12-5-7-14(20)8-6-12/h2-10H,11H2,1H3,(H,21,23,25)/b16-10+. The molecule has 0 saturated carbocycles. The molecule has 0 unspecified atom stereocenters. The average Bonchev–Trinajstić information content (AvgIpc) is 2.64. The van der Waals surface area contributed by atoms with Gasteiger partial charge >= 0.3 is 6.03 Å². The van der Waals surface area contributed by atoms with E-state index < -0.39 is 23.7 Å². The van der Waals surface area contributed by atoms with Crippen molar-refractivity contribution in [2.24, 2.45) is 0 Å². The van der Waals surface area contributed by atoms with Gasteiger partial charge in [0.15, 0.2) is 0 Å². The molecule has 1 aliphatic heterocycles. The van der Waals surface area contributed by atoms with Crippen LogP contribution in [0.15, 0.2) is 54.1 Å². The molecule has 0 atom stereocenters. The van der Waals surface area contributed by atoms with Gasteiger partial charge in [-0.2, -0.15) is 0 Å². The van der Waals surface area contributed by atoms with Crippen molar-refractivity contribution in [1.29, 1.82) is 0 Å². The number of hydrogen-bond acceptors (Lipinski definition) is 4. The first kappa shape index (κ1) is 17.3. The second kappa shape index (κ2) is 7.18. The van der Waals surface area contributed by atoms with E-state index in [1.54, 1.807) is 24.3 Å². The number of ether oxygens (including phenoxy) is 1. The van der Waals surface area contributed by atoms with Gasteiger partial charge in [-0.1, -0.05) is 24.3 Å². The summed E-state index contributed by atoms with van der Waals surface area (Å²) >= 11 is 0. The maximum Gasteiger partial charge on any atom is 0.331 e. The number of halogens is 1. The summed E-state index contributed by atoms with van der Waals surface area (Å²) < 4.78 is 18.1. The van der Waals surface area contributed by atoms with Crippen molar-refractivity contribution in [2.75, 3.05) is 7.11 Å². The zero-order valence-electron chi connectivity index (χ0n) is 13.9. The van der Waals surface area contributed by atoms with E-state index in [1.807, 2.05) is 0 Å². The van der Waals surface area contributed by atoms with E-state index in [0.29, 0.717) is 16.9 Å². The van der Waals surface area contributed by atoms with Crippen LogP contribution in [0.5, 0.6) is 5.75 Å². The highest BCUT2D eigenvalue weighted by atomic mass is 19.1. The Morgan fingerprint density at radius 3 is 2.54 bits per heavy atom. The molecule has 1 N–H and O–H groups in total. The first-order valence-electron chi connectivity index (χ1n) is 7.75. The van der Waals surface area contributed by atoms with Gasteiger partial charge < -0.3 is 4.74 Å². The van der Waals surface area contributed by atoms with Gasteiger partial charge in [-0.25, -0.2) is 9.18 Å². The van der Waals surface area contributed by atoms with Crippen LogP contribution in [0, 0.1) is 5.82 Å². The molecule has 2 aromatic rings. The summed E-state index contributed by atoms with van der Waals surface area (Å²) in [5, 5.41) is 2.14. The van der Waals surface area contributed by atoms with E-state index in [2.05, 4.69) is 5.32 Å². The van der Waals surface area contributed by atoms with Crippen LogP contribution in [0.4, 0.5) is 9.18 Å². The first-order valence-corrected chi connectivity index (χ1v) is 7.75. The SMILES string of the molecule is COc1cccc(/C=C2\C(=O)NC(=O)N(Cc3ccc(F)cc3)C2=O)c1. The molecule has 0 aliphatic carbocycles. The fraction of sp³-hybridized carbons (Fsp3) is 0.105. The molecule has 26 heavy (non-hydrogen) atoms. The Balaban J connectivity index is 1.89. The molecular weight excluding hydrogens is 339 g/mol. The van der Waals surface area contributed by atoms with Gasteiger partial charge in [-0.3, -0.25) is 19.8 Å². The number of carbonyl (C=O) groups is 3. The Bertz CT molecular complexity index is 906. The summed E-state index contributed by atoms with van der Waals surface area (Å²) in [5.74, 6) is -1.33. The molecule has 0 bridgehead atoms. The molecule has 1 saturated heterocycles. The largest absolute Gasteiger partial charge is 0.497 e. The van der Waals surface area contributed by atoms with E-state index in [9.17, 15) is 18.8 Å². The maximum atomic E-state index is 13.0. The molecule has 4 amide bonds. The molecule has 0 spiro atoms. The summed E-state index contributed by atoms with van der Waals surface area (Å²) in [7, 11) is 1.51. The monoisotopic (exact) mass is 354 g/mol. The van der Waals surface area contributed by atoms with E-state index in [0.717, 1.165) is 4.90 Å². The summed E-state index contributed by atoms with van der Waals surface area (Å²) in [6, 6.07) is 11.4. The Labute approximate surface area is 148 Å². The van der Waals surface area contributed by atoms with Gasteiger partial charge in [0, 0.05) is 0 Å². The summed E-state index contributed by atoms with van der Waals surface area (Å²) in [4.78, 5) is 37.7. The van der Waals surface area contributed by atoms with E-state index >= 15 is 0 Å². The van der Waals surface area contributed by atoms with Crippen molar-refractivity contribution in [2.45, 2.75) is 6.54 Å². The van der Waals surface area contributed by atoms with Crippen LogP contribution in [0.1, 0.15) is 11.1 Å². The predicted octanol–water partition coefficient (Wildman–Crippen LogP) is 2.50. The molecule has 6 nitrogen and oxygen atoms in total. The normalized spacial score (nSPS) is 16.0. The molecule has 0 radical (unpaired) electrons. The van der Waals surface area contributed by atoms with Crippen LogP contribution in [-0.4, -0.2) is 29.9 Å². The Hall–Kier alpha value is -3.48. The first-order chi connectivity index (χ1) is 12.5. The summed E-state index contributed by atoms with van der Waals surface area (Å²) in [6.45, 7) is -0.0757. The minimum Gasteiger partial charge on any atom is -0.497 e. The van der Waals surface area contributed by atoms with Crippen molar-refractivity contribution in [3.8, 4) is 5.75 Å². The van der Waals surface area contributed by atoms with Gasteiger partial charge in [0.25, 0.3) is 11.8 Å². The number of benzene rings is 2. The molecule has 1 fully saturated rings. The molecule has 7 heteroatoms. The number of barbiturate groups is 1. The van der Waals surface area contributed by atoms with Gasteiger partial charge in [-0.15, -0.1) is 0 Å². The number of carbonyl (C=O) groups excluding carboxylic acids is 3. The van der Waals surface area contributed by atoms with Crippen LogP contribution in [0.25, 0.3) is 6.08 Å². The van der Waals surface area contributed by atoms with E-state index in [4.69, 9.17) is 4.74 Å². The Morgan fingerprint density at radius 2 is 1.85 bits per heavy atom. The quantitative estimate of drug-likeness (QED) is 0.676. The van der Waals surface area contributed by atoms with Crippen LogP contribution >= 0.6 is 0 Å². The zero-order valence-corrected chi connectivity index (χ0v) is 13.9. The van der Waals surface area contributed by atoms with E-state index in [-0.39, 0.29) is 12.1 Å². The van der Waals surface area contributed by atoms with Gasteiger partial charge in [-0.05, 0) is 41.5 Å². The summed E-state index contributed by atoms with van der Waals surface area (Å²) in [5.41, 5.74) is 0.976. The van der Waals surface area contributed by atoms with Crippen molar-refractivity contribution in [1.82, 2.24) is 10.2 Å². The third-order valence-corrected chi connectivity index (χ3v) is 3.84. The Morgan fingerprint density at radius 1 is 1.12 bits per heavy atom. The highest BCUT2D eigenvalue weighted by Gasteiger charge is 2.35. The highest BCUT2D eigenvalue weighted by molar-refractivity contribution is 6.30. The predicted molar refractivity (Wildman–Crippen MR) is 91.5 cm³/mol. The zero-order chi connectivity index (χ0) is 18.7.